The summed E-state index contributed by atoms with van der Waals surface area (Å²) in [5, 5.41) is 54.6. The van der Waals surface area contributed by atoms with Gasteiger partial charge in [0, 0.05) is 88.5 Å². The van der Waals surface area contributed by atoms with Crippen LogP contribution in [0, 0.1) is 33.5 Å². The highest BCUT2D eigenvalue weighted by Crippen LogP contribution is 2.68. The Bertz CT molecular complexity index is 5810. The van der Waals surface area contributed by atoms with Crippen LogP contribution in [0.15, 0.2) is 204 Å². The fourth-order valence-electron chi connectivity index (χ4n) is 24.2. The third-order valence-electron chi connectivity index (χ3n) is 32.8. The number of ketones is 2. The maximum atomic E-state index is 16.5. The number of hydrogen-bond acceptors (Lipinski definition) is 30. The molecule has 2 saturated heterocycles. The molecule has 6 fully saturated rings. The van der Waals surface area contributed by atoms with Gasteiger partial charge in [0.05, 0.1) is 77.4 Å². The van der Waals surface area contributed by atoms with Crippen LogP contribution >= 0.6 is 0 Å². The van der Waals surface area contributed by atoms with Crippen molar-refractivity contribution in [1.82, 2.24) is 10.6 Å². The number of benzene rings is 6. The zero-order valence-electron chi connectivity index (χ0n) is 89.4. The molecule has 6 aromatic carbocycles. The number of fused-ring (bicyclic) bond motifs is 10. The van der Waals surface area contributed by atoms with Crippen molar-refractivity contribution in [2.75, 3.05) is 26.4 Å². The van der Waals surface area contributed by atoms with E-state index in [2.05, 4.69) is 52.2 Å². The van der Waals surface area contributed by atoms with E-state index in [1.807, 2.05) is 6.07 Å². The van der Waals surface area contributed by atoms with Gasteiger partial charge >= 0.3 is 47.8 Å². The summed E-state index contributed by atoms with van der Waals surface area (Å²) in [7, 11) is -5.13. The number of aliphatic hydroxyl groups is 3. The van der Waals surface area contributed by atoms with Gasteiger partial charge in [0.2, 0.25) is 0 Å². The summed E-state index contributed by atoms with van der Waals surface area (Å²) in [6.07, 6.45) is -17.8. The molecule has 14 rings (SSSR count). The van der Waals surface area contributed by atoms with Gasteiger partial charge in [0.1, 0.15) is 41.7 Å². The molecule has 35 heteroatoms. The van der Waals surface area contributed by atoms with E-state index in [1.54, 1.807) is 259 Å². The summed E-state index contributed by atoms with van der Waals surface area (Å²) >= 11 is 0. The molecular formula is C114H148N2O31Si2. The van der Waals surface area contributed by atoms with Crippen LogP contribution in [0.2, 0.25) is 36.3 Å². The standard InChI is InChI=1S/C57H73NO15Si.C37H52O11Si.C20H23NO5/c1-12-66-37(8)69-47(45(38-25-19-16-20-26-38)58-51(62)39-27-21-17-22-28-39)53(64)70-41-32-57(65)50(71-52(63)40-29-23-18-24-30-40)48-55(11,49(61)46(68-35(6)59)44(34(41)5)54(57,9)10)42(73-74(13-2,14-3)15-4)31-43-56(48,33-67-43)72-36(7)60;1-10-49(11-2,12-3)48-26-18-27-36(20-44-27,47-23(6)39)30-32(46-33(42)24-16-14-13-15-17-24)37(43)19-25(40)21(4)28(34(37,7)8)29(45-22(5)38)31(41)35(26,30)9;1-3-25-14(2)26-18(20(23)24)17(15-10-6-4-7-11-15)21-19(22)16-12-8-5-9-13-16/h16-30,37,41-43,45-48,50,65H,12-15,31-33H2,1-11H3,(H,58,62);13-17,25-27,29-30,32,40,43H,10-12,18-20H2,1-9H3;4-14,17-18H,3H2,1-2H3,(H,21,22)(H,23,24)/t37?,41-,42-,43+,45?,46+,47+,48-,50-,55+,56-,57+;25-,26-,27+,29+,30-,32-,35+,36-,37+;14?,17?,18-/m001/s1. The first-order valence-electron chi connectivity index (χ1n) is 51.8. The largest absolute Gasteiger partial charge is 0.479 e. The second-order valence-corrected chi connectivity index (χ2v) is 51.0. The van der Waals surface area contributed by atoms with Crippen molar-refractivity contribution in [3.8, 4) is 0 Å². The lowest BCUT2D eigenvalue weighted by molar-refractivity contribution is -0.344. The first-order valence-corrected chi connectivity index (χ1v) is 56.8. The van der Waals surface area contributed by atoms with Crippen LogP contribution in [0.3, 0.4) is 0 Å². The van der Waals surface area contributed by atoms with Crippen LogP contribution < -0.4 is 10.6 Å². The number of ether oxygens (including phenoxy) is 13. The van der Waals surface area contributed by atoms with Crippen LogP contribution in [0.25, 0.3) is 0 Å². The Kier molecular flexibility index (Phi) is 37.4. The van der Waals surface area contributed by atoms with Gasteiger partial charge in [-0.2, -0.15) is 0 Å². The molecule has 4 saturated carbocycles. The maximum Gasteiger partial charge on any atom is 0.338 e. The first-order chi connectivity index (χ1) is 70.5. The van der Waals surface area contributed by atoms with E-state index >= 15 is 14.4 Å². The predicted octanol–water partition coefficient (Wildman–Crippen LogP) is 15.9. The number of carbonyl (C=O) groups is 12. The Balaban J connectivity index is 0.000000224. The lowest BCUT2D eigenvalue weighted by atomic mass is 9.44. The van der Waals surface area contributed by atoms with Gasteiger partial charge in [0.15, 0.2) is 76.4 Å². The fourth-order valence-corrected chi connectivity index (χ4v) is 30.0. The summed E-state index contributed by atoms with van der Waals surface area (Å²) in [5.41, 5.74) is -11.0. The van der Waals surface area contributed by atoms with Gasteiger partial charge in [-0.15, -0.1) is 0 Å². The summed E-state index contributed by atoms with van der Waals surface area (Å²) in [6.45, 7) is 37.6. The molecule has 6 aliphatic carbocycles. The molecule has 4 unspecified atom stereocenters. The molecule has 808 valence electrons. The average molecular weight is 2100 g/mol. The minimum atomic E-state index is -2.65. The van der Waals surface area contributed by atoms with E-state index in [0.717, 1.165) is 18.1 Å². The monoisotopic (exact) mass is 2100 g/mol. The summed E-state index contributed by atoms with van der Waals surface area (Å²) < 4.78 is 94.5. The molecule has 0 aromatic heterocycles. The number of Topliss-reactive ketones (excluding diaryl/α,β-unsaturated/α-hetero) is 2. The Morgan fingerprint density at radius 2 is 0.752 bits per heavy atom. The number of carboxylic acid groups (broad SMARTS) is 1. The number of aliphatic hydroxyl groups excluding tert-OH is 1. The summed E-state index contributed by atoms with van der Waals surface area (Å²) in [5.74, 6) is -11.4. The Hall–Kier alpha value is -11.2. The molecule has 8 aliphatic rings. The number of amides is 2. The number of esters is 7. The van der Waals surface area contributed by atoms with Crippen molar-refractivity contribution >= 4 is 87.8 Å². The highest BCUT2D eigenvalue weighted by Gasteiger charge is 2.82. The van der Waals surface area contributed by atoms with Crippen LogP contribution in [0.5, 0.6) is 0 Å². The second-order valence-electron chi connectivity index (χ2n) is 41.6. The third kappa shape index (κ3) is 23.0. The van der Waals surface area contributed by atoms with Gasteiger partial charge in [-0.05, 0) is 174 Å². The van der Waals surface area contributed by atoms with E-state index in [0.29, 0.717) is 52.6 Å². The summed E-state index contributed by atoms with van der Waals surface area (Å²) in [6, 6.07) is 53.5. The number of carboxylic acids is 1. The molecule has 6 N–H and O–H groups in total. The Labute approximate surface area is 874 Å². The molecule has 2 amide bonds. The summed E-state index contributed by atoms with van der Waals surface area (Å²) in [4.78, 5) is 168. The smallest absolute Gasteiger partial charge is 0.338 e. The third-order valence-corrected chi connectivity index (χ3v) is 42.1. The van der Waals surface area contributed by atoms with Crippen molar-refractivity contribution in [2.45, 2.75) is 335 Å². The minimum absolute atomic E-state index is 0.0813. The molecule has 4 bridgehead atoms. The minimum Gasteiger partial charge on any atom is -0.479 e. The van der Waals surface area contributed by atoms with Gasteiger partial charge in [0.25, 0.3) is 11.8 Å². The van der Waals surface area contributed by atoms with Gasteiger partial charge in [-0.3, -0.25) is 38.4 Å². The number of rotatable bonds is 37. The zero-order chi connectivity index (χ0) is 109. The SMILES string of the molecule is CCOC(C)O[C@@H](C(=O)O)C(NC(=O)c1ccccc1)c1ccccc1.CCOC(C)O[C@@H](C(=O)O[C@H]1C[C@@]2(O)[C@@H](OC(=O)c3ccccc3)[C@@H]3[C@]4(OC(C)=O)CO[C@@H]4C[C@H](O[Si](CC)(CC)CC)[C@@]3(C)C(=O)[C@H](OC(C)=O)C(=C1C)C2(C)C)C(NC(=O)c1ccccc1)c1ccccc1.CC[Si](CC)(CC)O[C@H]1C[C@H]2OC[C@@]2(OC(C)=O)[C@H]2[C@H](OC(=O)c3ccccc3)[C@]3(O)C[C@H](O)C(C)=C([C@@H](OC(C)=O)C(=O)[C@]12C)C3(C)C. The van der Waals surface area contributed by atoms with Crippen molar-refractivity contribution in [1.29, 1.82) is 0 Å². The van der Waals surface area contributed by atoms with Crippen LogP contribution in [0.1, 0.15) is 243 Å². The zero-order valence-corrected chi connectivity index (χ0v) is 91.4. The average Bonchev–Trinajstić information content (AvgIpc) is 0.668. The number of aliphatic carboxylic acids is 1. The second kappa shape index (κ2) is 47.8. The molecule has 0 spiro atoms. The topological polar surface area (TPSA) is 448 Å². The molecule has 2 heterocycles. The first kappa shape index (κ1) is 117. The van der Waals surface area contributed by atoms with E-state index in [1.165, 1.54) is 27.7 Å². The molecule has 149 heavy (non-hydrogen) atoms. The lowest BCUT2D eigenvalue weighted by Gasteiger charge is -2.68. The quantitative estimate of drug-likeness (QED) is 0.00693. The highest BCUT2D eigenvalue weighted by atomic mass is 28.4. The number of nitrogens with one attached hydrogen (secondary N) is 2. The predicted molar refractivity (Wildman–Crippen MR) is 551 cm³/mol. The lowest BCUT2D eigenvalue weighted by Crippen LogP contribution is -2.82. The van der Waals surface area contributed by atoms with Crippen molar-refractivity contribution in [3.63, 3.8) is 0 Å². The van der Waals surface area contributed by atoms with Crippen molar-refractivity contribution in [2.24, 2.45) is 33.5 Å². The van der Waals surface area contributed by atoms with Gasteiger partial charge in [-0.1, -0.05) is 203 Å². The highest BCUT2D eigenvalue weighted by molar-refractivity contribution is 6.74. The molecule has 2 aliphatic heterocycles. The van der Waals surface area contributed by atoms with Gasteiger partial charge in [-0.25, -0.2) is 19.2 Å². The molecule has 33 nitrogen and oxygen atoms in total. The maximum absolute atomic E-state index is 16.5. The van der Waals surface area contributed by atoms with Crippen LogP contribution in [-0.4, -0.2) is 243 Å². The Morgan fingerprint density at radius 1 is 0.430 bits per heavy atom. The molecular weight excluding hydrogens is 1950 g/mol. The van der Waals surface area contributed by atoms with Crippen LogP contribution in [0.4, 0.5) is 0 Å². The number of carbonyl (C=O) groups excluding carboxylic acids is 11. The van der Waals surface area contributed by atoms with Crippen molar-refractivity contribution < 1.29 is 148 Å². The van der Waals surface area contributed by atoms with Crippen molar-refractivity contribution in [3.05, 3.63) is 238 Å². The van der Waals surface area contributed by atoms with Gasteiger partial charge < -0.3 is 101 Å². The molecule has 0 radical (unpaired) electrons. The van der Waals surface area contributed by atoms with E-state index in [-0.39, 0.29) is 72.8 Å². The van der Waals surface area contributed by atoms with Crippen LogP contribution in [-0.2, 0) is 109 Å². The molecule has 6 aromatic rings. The molecule has 24 atom stereocenters. The normalized spacial score (nSPS) is 29.1. The number of hydrogen-bond donors (Lipinski definition) is 6. The van der Waals surface area contributed by atoms with E-state index < -0.39 is 242 Å². The Morgan fingerprint density at radius 3 is 1.07 bits per heavy atom. The van der Waals surface area contributed by atoms with E-state index in [4.69, 9.17) is 70.4 Å². The van der Waals surface area contributed by atoms with E-state index in [9.17, 15) is 63.6 Å². The fraction of sp³-hybridized carbons (Fsp3) is 0.544.